The van der Waals surface area contributed by atoms with Crippen LogP contribution >= 0.6 is 0 Å². The lowest BCUT2D eigenvalue weighted by Crippen LogP contribution is -2.52. The molecule has 8 heteroatoms. The molecule has 1 unspecified atom stereocenters. The first-order valence-corrected chi connectivity index (χ1v) is 9.47. The van der Waals surface area contributed by atoms with Gasteiger partial charge in [-0.1, -0.05) is 0 Å². The third kappa shape index (κ3) is 4.38. The summed E-state index contributed by atoms with van der Waals surface area (Å²) in [4.78, 5) is 16.5. The molecule has 4 heterocycles. The van der Waals surface area contributed by atoms with Crippen molar-refractivity contribution in [3.63, 3.8) is 0 Å². The van der Waals surface area contributed by atoms with Gasteiger partial charge in [-0.05, 0) is 6.07 Å². The topological polar surface area (TPSA) is 68.8 Å². The van der Waals surface area contributed by atoms with Gasteiger partial charge < -0.3 is 25.2 Å². The van der Waals surface area contributed by atoms with Crippen LogP contribution in [0.5, 0.6) is 0 Å². The lowest BCUT2D eigenvalue weighted by Gasteiger charge is -2.38. The first kappa shape index (κ1) is 17.0. The first-order chi connectivity index (χ1) is 12.4. The summed E-state index contributed by atoms with van der Waals surface area (Å²) in [5.41, 5.74) is 0. The van der Waals surface area contributed by atoms with Crippen molar-refractivity contribution in [1.29, 1.82) is 0 Å². The summed E-state index contributed by atoms with van der Waals surface area (Å²) in [6.07, 6.45) is 2.23. The highest BCUT2D eigenvalue weighted by Crippen LogP contribution is 2.17. The SMILES string of the molecule is c1cc(N2CCN(CC3CNCCO3)CC2)nc(N2CCNCC2)n1. The molecule has 8 nitrogen and oxygen atoms in total. The molecule has 2 N–H and O–H groups in total. The molecule has 4 rings (SSSR count). The fourth-order valence-corrected chi connectivity index (χ4v) is 3.72. The maximum Gasteiger partial charge on any atom is 0.227 e. The van der Waals surface area contributed by atoms with Crippen LogP contribution in [0.4, 0.5) is 11.8 Å². The van der Waals surface area contributed by atoms with Crippen LogP contribution in [0.25, 0.3) is 0 Å². The van der Waals surface area contributed by atoms with Gasteiger partial charge in [-0.25, -0.2) is 4.98 Å². The molecule has 0 bridgehead atoms. The molecular weight excluding hydrogens is 318 g/mol. The smallest absolute Gasteiger partial charge is 0.227 e. The highest BCUT2D eigenvalue weighted by Gasteiger charge is 2.23. The Hall–Kier alpha value is -1.48. The number of anilines is 2. The molecule has 3 aliphatic rings. The van der Waals surface area contributed by atoms with Gasteiger partial charge in [0.15, 0.2) is 0 Å². The van der Waals surface area contributed by atoms with Crippen molar-refractivity contribution in [2.24, 2.45) is 0 Å². The standard InChI is InChI=1S/C17H29N7O/c1-2-20-17(24-6-3-18-4-7-24)21-16(1)23-10-8-22(9-11-23)14-15-13-19-5-12-25-15/h1-2,15,18-19H,3-14H2. The van der Waals surface area contributed by atoms with Crippen molar-refractivity contribution in [3.05, 3.63) is 12.3 Å². The largest absolute Gasteiger partial charge is 0.374 e. The summed E-state index contributed by atoms with van der Waals surface area (Å²) < 4.78 is 5.83. The van der Waals surface area contributed by atoms with Gasteiger partial charge in [-0.3, -0.25) is 4.90 Å². The molecule has 0 spiro atoms. The van der Waals surface area contributed by atoms with E-state index in [2.05, 4.69) is 30.3 Å². The summed E-state index contributed by atoms with van der Waals surface area (Å²) in [5, 5.41) is 6.78. The van der Waals surface area contributed by atoms with Crippen molar-refractivity contribution in [2.45, 2.75) is 6.10 Å². The first-order valence-electron chi connectivity index (χ1n) is 9.47. The van der Waals surface area contributed by atoms with E-state index >= 15 is 0 Å². The van der Waals surface area contributed by atoms with Gasteiger partial charge in [-0.15, -0.1) is 0 Å². The van der Waals surface area contributed by atoms with Crippen LogP contribution in [-0.2, 0) is 4.74 Å². The molecule has 1 atom stereocenters. The minimum atomic E-state index is 0.332. The molecule has 0 amide bonds. The number of hydrogen-bond donors (Lipinski definition) is 2. The van der Waals surface area contributed by atoms with Crippen molar-refractivity contribution in [2.75, 3.05) is 88.4 Å². The Morgan fingerprint density at radius 3 is 2.60 bits per heavy atom. The summed E-state index contributed by atoms with van der Waals surface area (Å²) in [6, 6.07) is 2.04. The van der Waals surface area contributed by atoms with Crippen molar-refractivity contribution in [1.82, 2.24) is 25.5 Å². The van der Waals surface area contributed by atoms with E-state index in [0.717, 1.165) is 90.4 Å². The van der Waals surface area contributed by atoms with E-state index in [9.17, 15) is 0 Å². The third-order valence-electron chi connectivity index (χ3n) is 5.19. The number of piperazine rings is 2. The Bertz CT molecular complexity index is 538. The molecule has 3 fully saturated rings. The number of nitrogens with zero attached hydrogens (tertiary/aromatic N) is 5. The van der Waals surface area contributed by atoms with Gasteiger partial charge in [-0.2, -0.15) is 4.98 Å². The fraction of sp³-hybridized carbons (Fsp3) is 0.765. The van der Waals surface area contributed by atoms with E-state index in [0.29, 0.717) is 6.10 Å². The van der Waals surface area contributed by atoms with E-state index < -0.39 is 0 Å². The number of hydrogen-bond acceptors (Lipinski definition) is 8. The molecule has 0 radical (unpaired) electrons. The molecule has 1 aromatic rings. The zero-order valence-corrected chi connectivity index (χ0v) is 14.9. The van der Waals surface area contributed by atoms with Crippen molar-refractivity contribution < 1.29 is 4.74 Å². The Kier molecular flexibility index (Phi) is 5.61. The van der Waals surface area contributed by atoms with Crippen LogP contribution in [0, 0.1) is 0 Å². The number of nitrogens with one attached hydrogen (secondary N) is 2. The molecule has 0 aliphatic carbocycles. The highest BCUT2D eigenvalue weighted by molar-refractivity contribution is 5.44. The summed E-state index contributed by atoms with van der Waals surface area (Å²) in [6.45, 7) is 11.9. The molecule has 1 aromatic heterocycles. The van der Waals surface area contributed by atoms with Gasteiger partial charge in [0.1, 0.15) is 5.82 Å². The second-order valence-corrected chi connectivity index (χ2v) is 6.94. The van der Waals surface area contributed by atoms with Crippen LogP contribution < -0.4 is 20.4 Å². The lowest BCUT2D eigenvalue weighted by atomic mass is 10.2. The average Bonchev–Trinajstić information content (AvgIpc) is 2.70. The van der Waals surface area contributed by atoms with E-state index in [1.54, 1.807) is 0 Å². The van der Waals surface area contributed by atoms with Gasteiger partial charge >= 0.3 is 0 Å². The summed E-state index contributed by atoms with van der Waals surface area (Å²) in [5.74, 6) is 1.92. The third-order valence-corrected chi connectivity index (χ3v) is 5.19. The van der Waals surface area contributed by atoms with Gasteiger partial charge in [0.2, 0.25) is 5.95 Å². The number of rotatable bonds is 4. The van der Waals surface area contributed by atoms with E-state index in [1.165, 1.54) is 0 Å². The van der Waals surface area contributed by atoms with E-state index in [4.69, 9.17) is 9.72 Å². The van der Waals surface area contributed by atoms with Crippen molar-refractivity contribution >= 4 is 11.8 Å². The van der Waals surface area contributed by atoms with Crippen LogP contribution in [-0.4, -0.2) is 99.6 Å². The second-order valence-electron chi connectivity index (χ2n) is 6.94. The average molecular weight is 347 g/mol. The lowest BCUT2D eigenvalue weighted by molar-refractivity contribution is 0.00463. The Labute approximate surface area is 149 Å². The minimum Gasteiger partial charge on any atom is -0.374 e. The predicted molar refractivity (Wildman–Crippen MR) is 98.4 cm³/mol. The fourth-order valence-electron chi connectivity index (χ4n) is 3.72. The zero-order valence-electron chi connectivity index (χ0n) is 14.9. The highest BCUT2D eigenvalue weighted by atomic mass is 16.5. The maximum atomic E-state index is 5.83. The van der Waals surface area contributed by atoms with Crippen molar-refractivity contribution in [3.8, 4) is 0 Å². The number of ether oxygens (including phenoxy) is 1. The van der Waals surface area contributed by atoms with E-state index in [1.807, 2.05) is 12.3 Å². The van der Waals surface area contributed by atoms with Gasteiger partial charge in [0.25, 0.3) is 0 Å². The van der Waals surface area contributed by atoms with E-state index in [-0.39, 0.29) is 0 Å². The molecule has 25 heavy (non-hydrogen) atoms. The summed E-state index contributed by atoms with van der Waals surface area (Å²) >= 11 is 0. The second kappa shape index (κ2) is 8.27. The van der Waals surface area contributed by atoms with Crippen LogP contribution in [0.1, 0.15) is 0 Å². The van der Waals surface area contributed by atoms with Crippen LogP contribution in [0.2, 0.25) is 0 Å². The normalized spacial score (nSPS) is 26.0. The molecule has 138 valence electrons. The minimum absolute atomic E-state index is 0.332. The molecule has 3 aliphatic heterocycles. The van der Waals surface area contributed by atoms with Gasteiger partial charge in [0, 0.05) is 78.2 Å². The Balaban J connectivity index is 1.31. The van der Waals surface area contributed by atoms with Gasteiger partial charge in [0.05, 0.1) is 12.7 Å². The molecule has 0 saturated carbocycles. The monoisotopic (exact) mass is 347 g/mol. The molecular formula is C17H29N7O. The maximum absolute atomic E-state index is 5.83. The van der Waals surface area contributed by atoms with Crippen LogP contribution in [0.3, 0.4) is 0 Å². The number of morpholine rings is 1. The predicted octanol–water partition coefficient (Wildman–Crippen LogP) is -1.00. The number of aromatic nitrogens is 2. The Morgan fingerprint density at radius 2 is 1.84 bits per heavy atom. The summed E-state index contributed by atoms with van der Waals surface area (Å²) in [7, 11) is 0. The quantitative estimate of drug-likeness (QED) is 0.719. The molecule has 0 aromatic carbocycles. The van der Waals surface area contributed by atoms with Crippen LogP contribution in [0.15, 0.2) is 12.3 Å². The Morgan fingerprint density at radius 1 is 1.00 bits per heavy atom. The zero-order chi connectivity index (χ0) is 16.9. The molecule has 3 saturated heterocycles.